The van der Waals surface area contributed by atoms with Gasteiger partial charge >= 0.3 is 0 Å². The molecule has 0 aliphatic carbocycles. The van der Waals surface area contributed by atoms with Crippen molar-refractivity contribution in [3.8, 4) is 22.8 Å². The van der Waals surface area contributed by atoms with E-state index in [9.17, 15) is 4.79 Å². The predicted molar refractivity (Wildman–Crippen MR) is 126 cm³/mol. The number of amides is 1. The molecule has 7 nitrogen and oxygen atoms in total. The number of aromatic amines is 1. The monoisotopic (exact) mass is 427 g/mol. The lowest BCUT2D eigenvalue weighted by atomic mass is 10.0. The van der Waals surface area contributed by atoms with Gasteiger partial charge in [-0.2, -0.15) is 0 Å². The van der Waals surface area contributed by atoms with E-state index in [1.807, 2.05) is 66.9 Å². The van der Waals surface area contributed by atoms with E-state index in [-0.39, 0.29) is 6.04 Å². The molecule has 0 saturated carbocycles. The maximum atomic E-state index is 12.5. The second kappa shape index (κ2) is 8.36. The number of piperidine rings is 1. The number of primary amides is 1. The number of nitrogens with one attached hydrogen (secondary N) is 1. The number of carbonyl (C=O) groups excluding carboxylic acids is 1. The van der Waals surface area contributed by atoms with E-state index in [0.29, 0.717) is 22.5 Å². The van der Waals surface area contributed by atoms with Gasteiger partial charge in [-0.25, -0.2) is 4.98 Å². The smallest absolute Gasteiger partial charge is 0.253 e. The van der Waals surface area contributed by atoms with Crippen LogP contribution in [0.3, 0.4) is 0 Å². The van der Waals surface area contributed by atoms with Crippen LogP contribution in [-0.2, 0) is 0 Å². The van der Waals surface area contributed by atoms with Crippen LogP contribution in [0.1, 0.15) is 23.2 Å². The number of H-pyrrole nitrogens is 1. The lowest BCUT2D eigenvalue weighted by Crippen LogP contribution is -2.43. The zero-order valence-corrected chi connectivity index (χ0v) is 17.6. The number of nitrogens with zero attached hydrogens (tertiary/aromatic N) is 2. The number of aromatic nitrogens is 2. The summed E-state index contributed by atoms with van der Waals surface area (Å²) in [7, 11) is 0. The Balaban J connectivity index is 1.58. The third-order valence-corrected chi connectivity index (χ3v) is 5.80. The normalized spacial score (nSPS) is 16.3. The molecule has 1 saturated heterocycles. The van der Waals surface area contributed by atoms with Crippen molar-refractivity contribution in [3.63, 3.8) is 0 Å². The highest BCUT2D eigenvalue weighted by Gasteiger charge is 2.25. The van der Waals surface area contributed by atoms with Crippen molar-refractivity contribution in [2.45, 2.75) is 18.9 Å². The van der Waals surface area contributed by atoms with Gasteiger partial charge in [-0.3, -0.25) is 4.79 Å². The highest BCUT2D eigenvalue weighted by atomic mass is 16.5. The first-order valence-corrected chi connectivity index (χ1v) is 10.7. The summed E-state index contributed by atoms with van der Waals surface area (Å²) in [6, 6.07) is 19.1. The Labute approximate surface area is 186 Å². The molecule has 1 fully saturated rings. The van der Waals surface area contributed by atoms with Gasteiger partial charge in [-0.1, -0.05) is 18.2 Å². The average molecular weight is 428 g/mol. The number of pyridine rings is 1. The Morgan fingerprint density at radius 2 is 1.81 bits per heavy atom. The van der Waals surface area contributed by atoms with E-state index in [1.54, 1.807) is 0 Å². The molecular formula is C25H25N5O2. The van der Waals surface area contributed by atoms with Crippen LogP contribution in [0.4, 0.5) is 5.82 Å². The summed E-state index contributed by atoms with van der Waals surface area (Å²) in [5.74, 6) is 1.75. The number of nitrogens with two attached hydrogens (primary N) is 2. The fraction of sp³-hybridized carbons (Fsp3) is 0.200. The van der Waals surface area contributed by atoms with Gasteiger partial charge in [0.05, 0.1) is 16.8 Å². The van der Waals surface area contributed by atoms with Crippen molar-refractivity contribution in [3.05, 3.63) is 72.4 Å². The first kappa shape index (κ1) is 20.1. The summed E-state index contributed by atoms with van der Waals surface area (Å²) in [6.45, 7) is 1.60. The average Bonchev–Trinajstić information content (AvgIpc) is 3.29. The molecule has 1 amide bonds. The second-order valence-corrected chi connectivity index (χ2v) is 8.08. The van der Waals surface area contributed by atoms with Crippen LogP contribution >= 0.6 is 0 Å². The summed E-state index contributed by atoms with van der Waals surface area (Å²) >= 11 is 0. The van der Waals surface area contributed by atoms with Crippen LogP contribution in [0, 0.1) is 0 Å². The zero-order valence-electron chi connectivity index (χ0n) is 17.6. The molecule has 5 rings (SSSR count). The molecule has 0 spiro atoms. The standard InChI is InChI=1S/C25H25N5O2/c26-17-5-4-14-30(15-17)25-20-12-13-28-23(20)21(24(27)31)22(29-25)16-8-10-19(11-9-16)32-18-6-2-1-3-7-18/h1-3,6-13,17,28H,4-5,14-15,26H2,(H2,27,31)/t17-/m0/s1. The molecule has 1 aliphatic heterocycles. The number of carbonyl (C=O) groups is 1. The molecule has 2 aromatic carbocycles. The first-order chi connectivity index (χ1) is 15.6. The highest BCUT2D eigenvalue weighted by molar-refractivity contribution is 6.12. The molecule has 0 radical (unpaired) electrons. The van der Waals surface area contributed by atoms with Crippen LogP contribution in [-0.4, -0.2) is 35.0 Å². The van der Waals surface area contributed by atoms with E-state index < -0.39 is 5.91 Å². The van der Waals surface area contributed by atoms with E-state index >= 15 is 0 Å². The molecule has 7 heteroatoms. The summed E-state index contributed by atoms with van der Waals surface area (Å²) in [6.07, 6.45) is 3.82. The predicted octanol–water partition coefficient (Wildman–Crippen LogP) is 4.05. The van der Waals surface area contributed by atoms with E-state index in [1.165, 1.54) is 0 Å². The lowest BCUT2D eigenvalue weighted by molar-refractivity contribution is 0.100. The maximum Gasteiger partial charge on any atom is 0.253 e. The lowest BCUT2D eigenvalue weighted by Gasteiger charge is -2.32. The number of anilines is 1. The van der Waals surface area contributed by atoms with Gasteiger partial charge in [0.15, 0.2) is 0 Å². The van der Waals surface area contributed by atoms with Crippen molar-refractivity contribution in [1.29, 1.82) is 0 Å². The van der Waals surface area contributed by atoms with Crippen molar-refractivity contribution in [2.24, 2.45) is 11.5 Å². The minimum Gasteiger partial charge on any atom is -0.457 e. The molecule has 1 aliphatic rings. The van der Waals surface area contributed by atoms with E-state index in [0.717, 1.165) is 48.4 Å². The van der Waals surface area contributed by atoms with Gasteiger partial charge in [0.25, 0.3) is 5.91 Å². The fourth-order valence-electron chi connectivity index (χ4n) is 4.30. The Hall–Kier alpha value is -3.84. The fourth-order valence-corrected chi connectivity index (χ4v) is 4.30. The van der Waals surface area contributed by atoms with Gasteiger partial charge < -0.3 is 26.1 Å². The van der Waals surface area contributed by atoms with Gasteiger partial charge in [0.1, 0.15) is 17.3 Å². The van der Waals surface area contributed by atoms with Gasteiger partial charge in [-0.15, -0.1) is 0 Å². The molecular weight excluding hydrogens is 402 g/mol. The molecule has 2 aromatic heterocycles. The minimum atomic E-state index is -0.522. The Morgan fingerprint density at radius 3 is 2.53 bits per heavy atom. The third kappa shape index (κ3) is 3.78. The van der Waals surface area contributed by atoms with Crippen LogP contribution in [0.2, 0.25) is 0 Å². The van der Waals surface area contributed by atoms with Gasteiger partial charge in [-0.05, 0) is 55.3 Å². The zero-order chi connectivity index (χ0) is 22.1. The van der Waals surface area contributed by atoms with Crippen molar-refractivity contribution in [2.75, 3.05) is 18.0 Å². The maximum absolute atomic E-state index is 12.5. The molecule has 0 unspecified atom stereocenters. The number of ether oxygens (including phenoxy) is 1. The molecule has 5 N–H and O–H groups in total. The highest BCUT2D eigenvalue weighted by Crippen LogP contribution is 2.35. The number of hydrogen-bond donors (Lipinski definition) is 3. The van der Waals surface area contributed by atoms with Gasteiger partial charge in [0, 0.05) is 36.3 Å². The van der Waals surface area contributed by atoms with E-state index in [2.05, 4.69) is 9.88 Å². The SMILES string of the molecule is NC(=O)c1c(-c2ccc(Oc3ccccc3)cc2)nc(N2CCC[C@H](N)C2)c2cc[nH]c12. The van der Waals surface area contributed by atoms with Crippen LogP contribution in [0.15, 0.2) is 66.9 Å². The molecule has 0 bridgehead atoms. The molecule has 1 atom stereocenters. The third-order valence-electron chi connectivity index (χ3n) is 5.80. The first-order valence-electron chi connectivity index (χ1n) is 10.7. The molecule has 4 aromatic rings. The van der Waals surface area contributed by atoms with Crippen LogP contribution < -0.4 is 21.1 Å². The van der Waals surface area contributed by atoms with Crippen LogP contribution in [0.5, 0.6) is 11.5 Å². The minimum absolute atomic E-state index is 0.105. The number of rotatable bonds is 5. The topological polar surface area (TPSA) is 110 Å². The summed E-state index contributed by atoms with van der Waals surface area (Å²) in [5, 5.41) is 0.876. The summed E-state index contributed by atoms with van der Waals surface area (Å²) in [4.78, 5) is 22.8. The number of para-hydroxylation sites is 1. The molecule has 3 heterocycles. The van der Waals surface area contributed by atoms with Crippen molar-refractivity contribution < 1.29 is 9.53 Å². The number of benzene rings is 2. The summed E-state index contributed by atoms with van der Waals surface area (Å²) < 4.78 is 5.90. The van der Waals surface area contributed by atoms with E-state index in [4.69, 9.17) is 21.2 Å². The number of hydrogen-bond acceptors (Lipinski definition) is 5. The van der Waals surface area contributed by atoms with Crippen molar-refractivity contribution in [1.82, 2.24) is 9.97 Å². The van der Waals surface area contributed by atoms with Crippen molar-refractivity contribution >= 4 is 22.6 Å². The molecule has 162 valence electrons. The Kier molecular flexibility index (Phi) is 5.25. The Bertz CT molecular complexity index is 1250. The van der Waals surface area contributed by atoms with Gasteiger partial charge in [0.2, 0.25) is 0 Å². The van der Waals surface area contributed by atoms with Crippen LogP contribution in [0.25, 0.3) is 22.2 Å². The molecule has 32 heavy (non-hydrogen) atoms. The number of fused-ring (bicyclic) bond motifs is 1. The largest absolute Gasteiger partial charge is 0.457 e. The Morgan fingerprint density at radius 1 is 1.06 bits per heavy atom. The second-order valence-electron chi connectivity index (χ2n) is 8.08. The quantitative estimate of drug-likeness (QED) is 0.445. The summed E-state index contributed by atoms with van der Waals surface area (Å²) in [5.41, 5.74) is 14.4.